The highest BCUT2D eigenvalue weighted by Crippen LogP contribution is 2.27. The van der Waals surface area contributed by atoms with Crippen LogP contribution in [0.3, 0.4) is 0 Å². The Bertz CT molecular complexity index is 1470. The van der Waals surface area contributed by atoms with Crippen molar-refractivity contribution in [2.24, 2.45) is 0 Å². The Morgan fingerprint density at radius 3 is 2.66 bits per heavy atom. The molecule has 1 aliphatic rings. The van der Waals surface area contributed by atoms with Crippen LogP contribution in [0.4, 0.5) is 13.2 Å². The first kappa shape index (κ1) is 26.2. The number of fused-ring (bicyclic) bond motifs is 2. The highest BCUT2D eigenvalue weighted by atomic mass is 35.5. The molecule has 198 valence electrons. The van der Waals surface area contributed by atoms with Crippen molar-refractivity contribution in [3.8, 4) is 0 Å². The Hall–Kier alpha value is -3.43. The molecule has 0 radical (unpaired) electrons. The molecule has 1 N–H and O–H groups in total. The summed E-state index contributed by atoms with van der Waals surface area (Å²) in [4.78, 5) is 23.5. The second kappa shape index (κ2) is 10.7. The zero-order chi connectivity index (χ0) is 26.9. The van der Waals surface area contributed by atoms with Crippen molar-refractivity contribution in [1.29, 1.82) is 0 Å². The molecule has 0 fully saturated rings. The predicted octanol–water partition coefficient (Wildman–Crippen LogP) is 5.49. The number of pyridine rings is 2. The largest absolute Gasteiger partial charge is 0.433 e. The van der Waals surface area contributed by atoms with Gasteiger partial charge in [-0.3, -0.25) is 19.1 Å². The zero-order valence-corrected chi connectivity index (χ0v) is 21.6. The van der Waals surface area contributed by atoms with Gasteiger partial charge in [-0.15, -0.1) is 0 Å². The van der Waals surface area contributed by atoms with Crippen LogP contribution in [0, 0.1) is 0 Å². The Morgan fingerprint density at radius 2 is 1.92 bits per heavy atom. The molecule has 10 heteroatoms. The van der Waals surface area contributed by atoms with Gasteiger partial charge in [0, 0.05) is 38.6 Å². The van der Waals surface area contributed by atoms with Crippen LogP contribution in [-0.4, -0.2) is 38.3 Å². The van der Waals surface area contributed by atoms with E-state index in [9.17, 15) is 18.0 Å². The van der Waals surface area contributed by atoms with Crippen molar-refractivity contribution in [2.75, 3.05) is 13.1 Å². The SMILES string of the molecule is CCc1nc2ccc(Cl)cn2c1C(=O)NCc1ccc2c(c1)CCN(CCc1ccc(C(F)(F)F)nc1)C2. The van der Waals surface area contributed by atoms with Crippen molar-refractivity contribution in [3.05, 3.63) is 99.2 Å². The average Bonchev–Trinajstić information content (AvgIpc) is 3.28. The quantitative estimate of drug-likeness (QED) is 0.336. The van der Waals surface area contributed by atoms with E-state index in [1.807, 2.05) is 13.0 Å². The molecule has 0 saturated carbocycles. The molecule has 0 aliphatic carbocycles. The van der Waals surface area contributed by atoms with Crippen LogP contribution >= 0.6 is 11.6 Å². The molecular formula is C28H27ClF3N5O. The molecule has 0 saturated heterocycles. The van der Waals surface area contributed by atoms with E-state index in [0.717, 1.165) is 48.9 Å². The Balaban J connectivity index is 1.19. The number of hydrogen-bond donors (Lipinski definition) is 1. The number of benzene rings is 1. The molecule has 0 atom stereocenters. The Morgan fingerprint density at radius 1 is 1.11 bits per heavy atom. The van der Waals surface area contributed by atoms with Crippen molar-refractivity contribution < 1.29 is 18.0 Å². The molecule has 0 spiro atoms. The normalized spacial score (nSPS) is 14.0. The van der Waals surface area contributed by atoms with E-state index in [1.165, 1.54) is 23.4 Å². The van der Waals surface area contributed by atoms with Gasteiger partial charge in [-0.1, -0.05) is 42.8 Å². The van der Waals surface area contributed by atoms with Gasteiger partial charge in [-0.2, -0.15) is 13.2 Å². The summed E-state index contributed by atoms with van der Waals surface area (Å²) in [5.74, 6) is -0.196. The van der Waals surface area contributed by atoms with E-state index in [2.05, 4.69) is 32.3 Å². The Kier molecular flexibility index (Phi) is 7.40. The maximum absolute atomic E-state index is 13.1. The number of carbonyl (C=O) groups is 1. The molecule has 0 unspecified atom stereocenters. The molecule has 3 aromatic heterocycles. The lowest BCUT2D eigenvalue weighted by molar-refractivity contribution is -0.141. The number of nitrogens with one attached hydrogen (secondary N) is 1. The first-order valence-electron chi connectivity index (χ1n) is 12.5. The van der Waals surface area contributed by atoms with Gasteiger partial charge in [0.1, 0.15) is 17.0 Å². The Labute approximate surface area is 223 Å². The number of halogens is 4. The van der Waals surface area contributed by atoms with E-state index in [0.29, 0.717) is 35.8 Å². The van der Waals surface area contributed by atoms with Crippen molar-refractivity contribution in [1.82, 2.24) is 24.6 Å². The topological polar surface area (TPSA) is 62.5 Å². The summed E-state index contributed by atoms with van der Waals surface area (Å²) in [6.45, 7) is 4.74. The molecule has 1 aromatic carbocycles. The molecule has 4 aromatic rings. The van der Waals surface area contributed by atoms with Crippen molar-refractivity contribution in [3.63, 3.8) is 0 Å². The minimum absolute atomic E-state index is 0.196. The van der Waals surface area contributed by atoms with Gasteiger partial charge in [-0.05, 0) is 59.7 Å². The third-order valence-corrected chi connectivity index (χ3v) is 7.08. The summed E-state index contributed by atoms with van der Waals surface area (Å²) in [5, 5.41) is 3.56. The first-order chi connectivity index (χ1) is 18.2. The predicted molar refractivity (Wildman–Crippen MR) is 139 cm³/mol. The van der Waals surface area contributed by atoms with Crippen LogP contribution in [0.2, 0.25) is 5.02 Å². The van der Waals surface area contributed by atoms with E-state index < -0.39 is 11.9 Å². The second-order valence-corrected chi connectivity index (χ2v) is 9.88. The minimum atomic E-state index is -4.42. The lowest BCUT2D eigenvalue weighted by atomic mass is 9.97. The van der Waals surface area contributed by atoms with Gasteiger partial charge in [0.25, 0.3) is 5.91 Å². The number of imidazole rings is 1. The van der Waals surface area contributed by atoms with Crippen LogP contribution in [0.25, 0.3) is 5.65 Å². The molecule has 38 heavy (non-hydrogen) atoms. The van der Waals surface area contributed by atoms with Gasteiger partial charge in [0.15, 0.2) is 0 Å². The number of aromatic nitrogens is 3. The smallest absolute Gasteiger partial charge is 0.347 e. The average molecular weight is 542 g/mol. The van der Waals surface area contributed by atoms with E-state index in [-0.39, 0.29) is 5.91 Å². The van der Waals surface area contributed by atoms with Gasteiger partial charge < -0.3 is 5.32 Å². The van der Waals surface area contributed by atoms with Crippen molar-refractivity contribution in [2.45, 2.75) is 45.5 Å². The fourth-order valence-electron chi connectivity index (χ4n) is 4.81. The van der Waals surface area contributed by atoms with Crippen LogP contribution in [0.1, 0.15) is 51.1 Å². The molecule has 1 amide bonds. The molecular weight excluding hydrogens is 515 g/mol. The number of rotatable bonds is 7. The van der Waals surface area contributed by atoms with Gasteiger partial charge in [-0.25, -0.2) is 4.98 Å². The standard InChI is InChI=1S/C28H27ClF3N5O/c1-2-23-26(37-17-22(29)6-8-25(37)35-23)27(38)34-15-19-3-5-21-16-36(12-10-20(21)13-19)11-9-18-4-7-24(33-14-18)28(30,31)32/h3-8,13-14,17H,2,9-12,15-16H2,1H3,(H,34,38). The number of hydrogen-bond acceptors (Lipinski definition) is 4. The summed E-state index contributed by atoms with van der Waals surface area (Å²) in [5.41, 5.74) is 5.32. The summed E-state index contributed by atoms with van der Waals surface area (Å²) in [6.07, 6.45) is 0.736. The molecule has 4 heterocycles. The van der Waals surface area contributed by atoms with Gasteiger partial charge in [0.2, 0.25) is 0 Å². The summed E-state index contributed by atoms with van der Waals surface area (Å²) in [6, 6.07) is 12.3. The fourth-order valence-corrected chi connectivity index (χ4v) is 4.97. The van der Waals surface area contributed by atoms with E-state index in [4.69, 9.17) is 11.6 Å². The molecule has 0 bridgehead atoms. The van der Waals surface area contributed by atoms with Crippen LogP contribution < -0.4 is 5.32 Å². The highest BCUT2D eigenvalue weighted by Gasteiger charge is 2.32. The number of amides is 1. The van der Waals surface area contributed by atoms with E-state index >= 15 is 0 Å². The first-order valence-corrected chi connectivity index (χ1v) is 12.9. The van der Waals surface area contributed by atoms with Crippen LogP contribution in [0.5, 0.6) is 0 Å². The molecule has 5 rings (SSSR count). The van der Waals surface area contributed by atoms with Gasteiger partial charge in [0.05, 0.1) is 10.7 Å². The highest BCUT2D eigenvalue weighted by molar-refractivity contribution is 6.30. The fraction of sp³-hybridized carbons (Fsp3) is 0.321. The number of aryl methyl sites for hydroxylation is 1. The molecule has 1 aliphatic heterocycles. The monoisotopic (exact) mass is 541 g/mol. The van der Waals surface area contributed by atoms with Crippen molar-refractivity contribution >= 4 is 23.2 Å². The minimum Gasteiger partial charge on any atom is -0.347 e. The zero-order valence-electron chi connectivity index (χ0n) is 20.9. The second-order valence-electron chi connectivity index (χ2n) is 9.45. The number of carbonyl (C=O) groups excluding carboxylic acids is 1. The third kappa shape index (κ3) is 5.68. The number of nitrogens with zero attached hydrogens (tertiary/aromatic N) is 4. The lowest BCUT2D eigenvalue weighted by Gasteiger charge is -2.29. The van der Waals surface area contributed by atoms with Gasteiger partial charge >= 0.3 is 6.18 Å². The summed E-state index contributed by atoms with van der Waals surface area (Å²) >= 11 is 6.15. The van der Waals surface area contributed by atoms with E-state index in [1.54, 1.807) is 22.7 Å². The lowest BCUT2D eigenvalue weighted by Crippen LogP contribution is -2.32. The van der Waals surface area contributed by atoms with Crippen LogP contribution in [-0.2, 0) is 38.5 Å². The van der Waals surface area contributed by atoms with Crippen LogP contribution in [0.15, 0.2) is 54.9 Å². The summed E-state index contributed by atoms with van der Waals surface area (Å²) in [7, 11) is 0. The maximum Gasteiger partial charge on any atom is 0.433 e. The summed E-state index contributed by atoms with van der Waals surface area (Å²) < 4.78 is 39.9. The number of alkyl halides is 3. The molecule has 6 nitrogen and oxygen atoms in total. The maximum atomic E-state index is 13.1. The third-order valence-electron chi connectivity index (χ3n) is 6.85.